The first kappa shape index (κ1) is 15.4. The third-order valence-electron chi connectivity index (χ3n) is 2.68. The number of carbonyl (C=O) groups excluding carboxylic acids is 1. The van der Waals surface area contributed by atoms with Gasteiger partial charge >= 0.3 is 6.03 Å². The predicted molar refractivity (Wildman–Crippen MR) is 82.0 cm³/mol. The molecule has 2 aromatic carbocycles. The molecule has 112 valence electrons. The van der Waals surface area contributed by atoms with Crippen LogP contribution in [0.4, 0.5) is 9.18 Å². The van der Waals surface area contributed by atoms with Crippen LogP contribution < -0.4 is 15.8 Å². The van der Waals surface area contributed by atoms with Crippen molar-refractivity contribution in [2.24, 2.45) is 5.73 Å². The Bertz CT molecular complexity index is 717. The summed E-state index contributed by atoms with van der Waals surface area (Å²) in [6.07, 6.45) is 0. The molecule has 0 radical (unpaired) electrons. The minimum Gasteiger partial charge on any atom is -0.457 e. The Hall–Kier alpha value is -3.00. The summed E-state index contributed by atoms with van der Waals surface area (Å²) in [5.41, 5.74) is 5.75. The summed E-state index contributed by atoms with van der Waals surface area (Å²) in [5, 5.41) is 2.47. The molecule has 0 bridgehead atoms. The van der Waals surface area contributed by atoms with Gasteiger partial charge in [0.05, 0.1) is 6.04 Å². The van der Waals surface area contributed by atoms with Gasteiger partial charge in [-0.1, -0.05) is 17.9 Å². The topological polar surface area (TPSA) is 64.3 Å². The maximum absolute atomic E-state index is 12.8. The second-order valence-electron chi connectivity index (χ2n) is 4.58. The number of hydrogen-bond donors (Lipinski definition) is 2. The minimum absolute atomic E-state index is 0.317. The Balaban J connectivity index is 2.08. The first-order chi connectivity index (χ1) is 10.5. The Morgan fingerprint density at radius 3 is 2.64 bits per heavy atom. The summed E-state index contributed by atoms with van der Waals surface area (Å²) in [6, 6.07) is 11.9. The third kappa shape index (κ3) is 4.84. The van der Waals surface area contributed by atoms with Crippen LogP contribution >= 0.6 is 0 Å². The zero-order valence-electron chi connectivity index (χ0n) is 12.0. The molecule has 0 saturated heterocycles. The monoisotopic (exact) mass is 298 g/mol. The maximum Gasteiger partial charge on any atom is 0.313 e. The average molecular weight is 298 g/mol. The van der Waals surface area contributed by atoms with E-state index in [1.54, 1.807) is 37.3 Å². The van der Waals surface area contributed by atoms with Crippen LogP contribution in [-0.2, 0) is 0 Å². The fourth-order valence-corrected chi connectivity index (χ4v) is 1.72. The Morgan fingerprint density at radius 1 is 1.23 bits per heavy atom. The number of nitrogens with one attached hydrogen (secondary N) is 1. The summed E-state index contributed by atoms with van der Waals surface area (Å²) in [5.74, 6) is 6.60. The number of nitrogens with two attached hydrogens (primary N) is 1. The normalized spacial score (nSPS) is 11.0. The number of benzene rings is 2. The summed E-state index contributed by atoms with van der Waals surface area (Å²) in [6.45, 7) is 1.73. The van der Waals surface area contributed by atoms with E-state index in [1.807, 2.05) is 6.07 Å². The molecule has 1 atom stereocenters. The molecule has 2 rings (SSSR count). The molecule has 0 heterocycles. The highest BCUT2D eigenvalue weighted by Crippen LogP contribution is 2.22. The fraction of sp³-hybridized carbons (Fsp3) is 0.118. The highest BCUT2D eigenvalue weighted by molar-refractivity contribution is 5.72. The molecular formula is C17H15FN2O2. The second kappa shape index (κ2) is 7.14. The van der Waals surface area contributed by atoms with Crippen molar-refractivity contribution in [3.63, 3.8) is 0 Å². The van der Waals surface area contributed by atoms with Crippen molar-refractivity contribution in [1.29, 1.82) is 0 Å². The first-order valence-corrected chi connectivity index (χ1v) is 6.64. The molecule has 0 aliphatic rings. The highest BCUT2D eigenvalue weighted by atomic mass is 19.1. The van der Waals surface area contributed by atoms with Crippen LogP contribution in [0.2, 0.25) is 0 Å². The first-order valence-electron chi connectivity index (χ1n) is 6.64. The third-order valence-corrected chi connectivity index (χ3v) is 2.68. The van der Waals surface area contributed by atoms with E-state index in [2.05, 4.69) is 17.2 Å². The van der Waals surface area contributed by atoms with Gasteiger partial charge < -0.3 is 15.8 Å². The molecule has 2 aromatic rings. The van der Waals surface area contributed by atoms with Crippen molar-refractivity contribution in [1.82, 2.24) is 5.32 Å². The molecule has 0 fully saturated rings. The average Bonchev–Trinajstić information content (AvgIpc) is 2.47. The molecule has 0 spiro atoms. The van der Waals surface area contributed by atoms with Crippen molar-refractivity contribution in [3.05, 3.63) is 59.9 Å². The van der Waals surface area contributed by atoms with Crippen LogP contribution in [-0.4, -0.2) is 12.1 Å². The molecule has 0 aliphatic heterocycles. The SMILES string of the molecule is CC(C#Cc1cccc(Oc2ccc(F)cc2)c1)NC(N)=O. The molecule has 22 heavy (non-hydrogen) atoms. The molecule has 3 N–H and O–H groups in total. The lowest BCUT2D eigenvalue weighted by molar-refractivity contribution is 0.248. The fourth-order valence-electron chi connectivity index (χ4n) is 1.72. The van der Waals surface area contributed by atoms with E-state index in [4.69, 9.17) is 10.5 Å². The summed E-state index contributed by atoms with van der Waals surface area (Å²) in [4.78, 5) is 10.7. The van der Waals surface area contributed by atoms with Gasteiger partial charge in [0.1, 0.15) is 17.3 Å². The standard InChI is InChI=1S/C17H15FN2O2/c1-12(20-17(19)21)5-6-13-3-2-4-16(11-13)22-15-9-7-14(18)8-10-15/h2-4,7-12H,1H3,(H3,19,20,21). The molecule has 0 aromatic heterocycles. The van der Waals surface area contributed by atoms with Crippen LogP contribution in [0.25, 0.3) is 0 Å². The smallest absolute Gasteiger partial charge is 0.313 e. The van der Waals surface area contributed by atoms with Crippen molar-refractivity contribution < 1.29 is 13.9 Å². The molecule has 0 saturated carbocycles. The molecule has 4 nitrogen and oxygen atoms in total. The molecular weight excluding hydrogens is 283 g/mol. The van der Waals surface area contributed by atoms with E-state index >= 15 is 0 Å². The van der Waals surface area contributed by atoms with Crippen LogP contribution in [0.3, 0.4) is 0 Å². The van der Waals surface area contributed by atoms with Crippen LogP contribution in [0.5, 0.6) is 11.5 Å². The van der Waals surface area contributed by atoms with Crippen LogP contribution in [0, 0.1) is 17.7 Å². The van der Waals surface area contributed by atoms with Gasteiger partial charge in [0.25, 0.3) is 0 Å². The summed E-state index contributed by atoms with van der Waals surface area (Å²) < 4.78 is 18.5. The number of amides is 2. The number of primary amides is 1. The van der Waals surface area contributed by atoms with E-state index in [1.165, 1.54) is 12.1 Å². The predicted octanol–water partition coefficient (Wildman–Crippen LogP) is 3.03. The molecule has 5 heteroatoms. The quantitative estimate of drug-likeness (QED) is 0.855. The molecule has 2 amide bonds. The second-order valence-corrected chi connectivity index (χ2v) is 4.58. The molecule has 0 aliphatic carbocycles. The number of ether oxygens (including phenoxy) is 1. The minimum atomic E-state index is -0.616. The van der Waals surface area contributed by atoms with Crippen molar-refractivity contribution in [3.8, 4) is 23.3 Å². The summed E-state index contributed by atoms with van der Waals surface area (Å²) in [7, 11) is 0. The van der Waals surface area contributed by atoms with Crippen LogP contribution in [0.1, 0.15) is 12.5 Å². The van der Waals surface area contributed by atoms with E-state index in [-0.39, 0.29) is 11.9 Å². The summed E-state index contributed by atoms with van der Waals surface area (Å²) >= 11 is 0. The lowest BCUT2D eigenvalue weighted by Gasteiger charge is -2.06. The number of halogens is 1. The Morgan fingerprint density at radius 2 is 1.95 bits per heavy atom. The zero-order valence-corrected chi connectivity index (χ0v) is 12.0. The molecule has 1 unspecified atom stereocenters. The number of rotatable bonds is 3. The highest BCUT2D eigenvalue weighted by Gasteiger charge is 2.00. The van der Waals surface area contributed by atoms with Gasteiger partial charge in [0.2, 0.25) is 0 Å². The number of carbonyl (C=O) groups is 1. The van der Waals surface area contributed by atoms with Crippen molar-refractivity contribution in [2.45, 2.75) is 13.0 Å². The lowest BCUT2D eigenvalue weighted by Crippen LogP contribution is -2.35. The van der Waals surface area contributed by atoms with E-state index in [0.29, 0.717) is 11.5 Å². The van der Waals surface area contributed by atoms with Gasteiger partial charge in [-0.05, 0) is 49.4 Å². The van der Waals surface area contributed by atoms with E-state index in [0.717, 1.165) is 5.56 Å². The Kier molecular flexibility index (Phi) is 4.99. The van der Waals surface area contributed by atoms with Gasteiger partial charge in [-0.15, -0.1) is 0 Å². The lowest BCUT2D eigenvalue weighted by atomic mass is 10.2. The van der Waals surface area contributed by atoms with Gasteiger partial charge in [-0.25, -0.2) is 9.18 Å². The Labute approximate surface area is 128 Å². The van der Waals surface area contributed by atoms with Crippen LogP contribution in [0.15, 0.2) is 48.5 Å². The largest absolute Gasteiger partial charge is 0.457 e. The number of urea groups is 1. The zero-order chi connectivity index (χ0) is 15.9. The van der Waals surface area contributed by atoms with Gasteiger partial charge in [0.15, 0.2) is 0 Å². The van der Waals surface area contributed by atoms with Crippen molar-refractivity contribution >= 4 is 6.03 Å². The van der Waals surface area contributed by atoms with Crippen molar-refractivity contribution in [2.75, 3.05) is 0 Å². The van der Waals surface area contributed by atoms with Gasteiger partial charge in [-0.3, -0.25) is 0 Å². The van der Waals surface area contributed by atoms with E-state index in [9.17, 15) is 9.18 Å². The van der Waals surface area contributed by atoms with Gasteiger partial charge in [0, 0.05) is 5.56 Å². The van der Waals surface area contributed by atoms with E-state index < -0.39 is 6.03 Å². The van der Waals surface area contributed by atoms with Gasteiger partial charge in [-0.2, -0.15) is 0 Å². The number of hydrogen-bond acceptors (Lipinski definition) is 2. The maximum atomic E-state index is 12.8.